The van der Waals surface area contributed by atoms with Crippen LogP contribution in [0.2, 0.25) is 0 Å². The summed E-state index contributed by atoms with van der Waals surface area (Å²) in [6.45, 7) is 2.20. The Morgan fingerprint density at radius 2 is 1.96 bits per heavy atom. The van der Waals surface area contributed by atoms with Gasteiger partial charge in [-0.2, -0.15) is 0 Å². The summed E-state index contributed by atoms with van der Waals surface area (Å²) in [5.41, 5.74) is 0.915. The van der Waals surface area contributed by atoms with Gasteiger partial charge in [0.2, 0.25) is 5.91 Å². The lowest BCUT2D eigenvalue weighted by molar-refractivity contribution is -0.137. The Bertz CT molecular complexity index is 531. The Morgan fingerprint density at radius 3 is 2.62 bits per heavy atom. The number of aliphatic carboxylic acids is 1. The molecule has 24 heavy (non-hydrogen) atoms. The van der Waals surface area contributed by atoms with E-state index in [4.69, 9.17) is 9.84 Å². The molecule has 1 aromatic carbocycles. The molecule has 132 valence electrons. The number of amides is 1. The lowest BCUT2D eigenvalue weighted by Gasteiger charge is -2.28. The van der Waals surface area contributed by atoms with Crippen LogP contribution in [0.3, 0.4) is 0 Å². The quantitative estimate of drug-likeness (QED) is 0.765. The Kier molecular flexibility index (Phi) is 7.25. The molecule has 3 atom stereocenters. The van der Waals surface area contributed by atoms with Crippen molar-refractivity contribution in [3.05, 3.63) is 35.9 Å². The van der Waals surface area contributed by atoms with E-state index in [-0.39, 0.29) is 31.1 Å². The summed E-state index contributed by atoms with van der Waals surface area (Å²) < 4.78 is 5.79. The SMILES string of the molecule is CC1CCCCC1OCC(=O)NC(CCC(=O)O)c1ccccc1. The number of carboxylic acids is 1. The molecule has 1 fully saturated rings. The first kappa shape index (κ1) is 18.5. The summed E-state index contributed by atoms with van der Waals surface area (Å²) >= 11 is 0. The minimum absolute atomic E-state index is 0.0142. The zero-order valence-corrected chi connectivity index (χ0v) is 14.2. The van der Waals surface area contributed by atoms with Crippen molar-refractivity contribution in [2.45, 2.75) is 57.6 Å². The normalized spacial score (nSPS) is 21.9. The van der Waals surface area contributed by atoms with E-state index in [1.54, 1.807) is 0 Å². The molecule has 5 nitrogen and oxygen atoms in total. The minimum Gasteiger partial charge on any atom is -0.481 e. The molecule has 0 aromatic heterocycles. The maximum absolute atomic E-state index is 12.2. The number of nitrogens with one attached hydrogen (secondary N) is 1. The molecule has 1 aliphatic rings. The van der Waals surface area contributed by atoms with Gasteiger partial charge in [-0.1, -0.05) is 50.1 Å². The number of hydrogen-bond acceptors (Lipinski definition) is 3. The topological polar surface area (TPSA) is 75.6 Å². The predicted octanol–water partition coefficient (Wildman–Crippen LogP) is 3.30. The molecule has 1 amide bonds. The van der Waals surface area contributed by atoms with Crippen LogP contribution in [0.25, 0.3) is 0 Å². The van der Waals surface area contributed by atoms with Gasteiger partial charge in [-0.15, -0.1) is 0 Å². The Balaban J connectivity index is 1.88. The van der Waals surface area contributed by atoms with E-state index in [0.29, 0.717) is 12.3 Å². The van der Waals surface area contributed by atoms with Crippen LogP contribution in [-0.4, -0.2) is 29.7 Å². The Morgan fingerprint density at radius 1 is 1.25 bits per heavy atom. The zero-order valence-electron chi connectivity index (χ0n) is 14.2. The lowest BCUT2D eigenvalue weighted by Crippen LogP contribution is -2.35. The van der Waals surface area contributed by atoms with Gasteiger partial charge in [-0.3, -0.25) is 9.59 Å². The number of rotatable bonds is 8. The maximum atomic E-state index is 12.2. The first-order valence-corrected chi connectivity index (χ1v) is 8.74. The van der Waals surface area contributed by atoms with Crippen LogP contribution < -0.4 is 5.32 Å². The molecule has 0 heterocycles. The van der Waals surface area contributed by atoms with Crippen molar-refractivity contribution in [1.82, 2.24) is 5.32 Å². The van der Waals surface area contributed by atoms with Gasteiger partial charge in [0.05, 0.1) is 12.1 Å². The summed E-state index contributed by atoms with van der Waals surface area (Å²) in [6.07, 6.45) is 5.08. The third kappa shape index (κ3) is 5.96. The predicted molar refractivity (Wildman–Crippen MR) is 91.6 cm³/mol. The van der Waals surface area contributed by atoms with Crippen LogP contribution in [-0.2, 0) is 14.3 Å². The third-order valence-corrected chi connectivity index (χ3v) is 4.65. The van der Waals surface area contributed by atoms with E-state index >= 15 is 0 Å². The van der Waals surface area contributed by atoms with E-state index in [0.717, 1.165) is 24.8 Å². The standard InChI is InChI=1S/C19H27NO4/c1-14-7-5-6-10-17(14)24-13-18(21)20-16(11-12-19(22)23)15-8-3-2-4-9-15/h2-4,8-9,14,16-17H,5-7,10-13H2,1H3,(H,20,21)(H,22,23). The third-order valence-electron chi connectivity index (χ3n) is 4.65. The molecule has 2 N–H and O–H groups in total. The van der Waals surface area contributed by atoms with Crippen molar-refractivity contribution >= 4 is 11.9 Å². The van der Waals surface area contributed by atoms with Crippen LogP contribution in [0.4, 0.5) is 0 Å². The largest absolute Gasteiger partial charge is 0.481 e. The van der Waals surface area contributed by atoms with Crippen molar-refractivity contribution in [1.29, 1.82) is 0 Å². The van der Waals surface area contributed by atoms with Gasteiger partial charge in [0.1, 0.15) is 6.61 Å². The van der Waals surface area contributed by atoms with Crippen molar-refractivity contribution in [3.63, 3.8) is 0 Å². The molecule has 0 saturated heterocycles. The van der Waals surface area contributed by atoms with Crippen LogP contribution in [0, 0.1) is 5.92 Å². The summed E-state index contributed by atoms with van der Waals surface area (Å²) in [7, 11) is 0. The molecule has 1 aliphatic carbocycles. The van der Waals surface area contributed by atoms with Crippen LogP contribution in [0.1, 0.15) is 57.1 Å². The van der Waals surface area contributed by atoms with E-state index in [1.807, 2.05) is 30.3 Å². The molecule has 0 aliphatic heterocycles. The number of carbonyl (C=O) groups is 2. The second kappa shape index (κ2) is 9.42. The minimum atomic E-state index is -0.863. The highest BCUT2D eigenvalue weighted by molar-refractivity contribution is 5.77. The first-order valence-electron chi connectivity index (χ1n) is 8.74. The van der Waals surface area contributed by atoms with Crippen molar-refractivity contribution in [2.24, 2.45) is 5.92 Å². The van der Waals surface area contributed by atoms with Gasteiger partial charge in [-0.05, 0) is 30.7 Å². The van der Waals surface area contributed by atoms with Crippen LogP contribution >= 0.6 is 0 Å². The molecular formula is C19H27NO4. The van der Waals surface area contributed by atoms with Gasteiger partial charge >= 0.3 is 5.97 Å². The first-order chi connectivity index (χ1) is 11.6. The molecule has 0 radical (unpaired) electrons. The maximum Gasteiger partial charge on any atom is 0.303 e. The fourth-order valence-corrected chi connectivity index (χ4v) is 3.22. The van der Waals surface area contributed by atoms with Crippen molar-refractivity contribution < 1.29 is 19.4 Å². The van der Waals surface area contributed by atoms with Crippen LogP contribution in [0.15, 0.2) is 30.3 Å². The molecular weight excluding hydrogens is 306 g/mol. The number of hydrogen-bond donors (Lipinski definition) is 2. The molecule has 2 rings (SSSR count). The highest BCUT2D eigenvalue weighted by atomic mass is 16.5. The molecule has 1 aromatic rings. The number of benzene rings is 1. The summed E-state index contributed by atoms with van der Waals surface area (Å²) in [6, 6.07) is 9.16. The summed E-state index contributed by atoms with van der Waals surface area (Å²) in [4.78, 5) is 23.1. The van der Waals surface area contributed by atoms with Crippen molar-refractivity contribution in [3.8, 4) is 0 Å². The Hall–Kier alpha value is -1.88. The Labute approximate surface area is 143 Å². The van der Waals surface area contributed by atoms with Gasteiger partial charge in [-0.25, -0.2) is 0 Å². The summed E-state index contributed by atoms with van der Waals surface area (Å²) in [5.74, 6) is -0.562. The zero-order chi connectivity index (χ0) is 17.4. The second-order valence-corrected chi connectivity index (χ2v) is 6.57. The number of carbonyl (C=O) groups excluding carboxylic acids is 1. The van der Waals surface area contributed by atoms with Gasteiger partial charge in [0.25, 0.3) is 0 Å². The lowest BCUT2D eigenvalue weighted by atomic mass is 9.88. The van der Waals surface area contributed by atoms with Crippen molar-refractivity contribution in [2.75, 3.05) is 6.61 Å². The number of ether oxygens (including phenoxy) is 1. The fourth-order valence-electron chi connectivity index (χ4n) is 3.22. The molecule has 1 saturated carbocycles. The molecule has 5 heteroatoms. The van der Waals surface area contributed by atoms with E-state index in [1.165, 1.54) is 6.42 Å². The highest BCUT2D eigenvalue weighted by Crippen LogP contribution is 2.26. The second-order valence-electron chi connectivity index (χ2n) is 6.57. The number of carboxylic acid groups (broad SMARTS) is 1. The van der Waals surface area contributed by atoms with Gasteiger partial charge in [0.15, 0.2) is 0 Å². The smallest absolute Gasteiger partial charge is 0.303 e. The molecule has 0 bridgehead atoms. The molecule has 0 spiro atoms. The van der Waals surface area contributed by atoms with Gasteiger partial charge in [0, 0.05) is 6.42 Å². The summed E-state index contributed by atoms with van der Waals surface area (Å²) in [5, 5.41) is 11.8. The van der Waals surface area contributed by atoms with E-state index in [9.17, 15) is 9.59 Å². The van der Waals surface area contributed by atoms with Gasteiger partial charge < -0.3 is 15.2 Å². The molecule has 3 unspecified atom stereocenters. The highest BCUT2D eigenvalue weighted by Gasteiger charge is 2.23. The monoisotopic (exact) mass is 333 g/mol. The van der Waals surface area contributed by atoms with E-state index < -0.39 is 5.97 Å². The fraction of sp³-hybridized carbons (Fsp3) is 0.579. The average Bonchev–Trinajstić information content (AvgIpc) is 2.58. The van der Waals surface area contributed by atoms with E-state index in [2.05, 4.69) is 12.2 Å². The van der Waals surface area contributed by atoms with Crippen LogP contribution in [0.5, 0.6) is 0 Å². The average molecular weight is 333 g/mol.